The number of allylic oxidation sites excluding steroid dienone is 1. The average molecular weight is 434 g/mol. The number of benzene rings is 2. The Labute approximate surface area is 187 Å². The van der Waals surface area contributed by atoms with Crippen molar-refractivity contribution >= 4 is 23.3 Å². The number of nitrogens with zero attached hydrogens (tertiary/aromatic N) is 2. The molecule has 0 spiro atoms. The second-order valence-electron chi connectivity index (χ2n) is 7.01. The second kappa shape index (κ2) is 10.4. The summed E-state index contributed by atoms with van der Waals surface area (Å²) in [4.78, 5) is 24.2. The van der Waals surface area contributed by atoms with E-state index in [0.29, 0.717) is 24.3 Å². The van der Waals surface area contributed by atoms with Crippen LogP contribution in [-0.2, 0) is 16.2 Å². The zero-order chi connectivity index (χ0) is 23.1. The number of carbonyl (C=O) groups is 2. The largest absolute Gasteiger partial charge is 0.489 e. The summed E-state index contributed by atoms with van der Waals surface area (Å²) in [5.41, 5.74) is 3.01. The summed E-state index contributed by atoms with van der Waals surface area (Å²) in [6.07, 6.45) is 1.62. The van der Waals surface area contributed by atoms with Crippen LogP contribution in [0.2, 0.25) is 0 Å². The van der Waals surface area contributed by atoms with E-state index >= 15 is 0 Å². The fourth-order valence-electron chi connectivity index (χ4n) is 3.49. The number of ether oxygens (including phenoxy) is 1. The fourth-order valence-corrected chi connectivity index (χ4v) is 3.49. The van der Waals surface area contributed by atoms with Gasteiger partial charge in [-0.15, -0.1) is 6.58 Å². The molecule has 2 heterocycles. The monoisotopic (exact) mass is 433 g/mol. The molecule has 166 valence electrons. The van der Waals surface area contributed by atoms with Crippen molar-refractivity contribution in [2.45, 2.75) is 39.5 Å². The van der Waals surface area contributed by atoms with Crippen molar-refractivity contribution in [2.24, 2.45) is 5.10 Å². The summed E-state index contributed by atoms with van der Waals surface area (Å²) in [7, 11) is 0. The number of hydrogen-bond donors (Lipinski definition) is 2. The lowest BCUT2D eigenvalue weighted by atomic mass is 9.99. The molecule has 2 N–H and O–H groups in total. The molecule has 0 radical (unpaired) electrons. The van der Waals surface area contributed by atoms with Crippen LogP contribution in [0.5, 0.6) is 5.75 Å². The Kier molecular flexibility index (Phi) is 7.44. The maximum Gasteiger partial charge on any atom is 0.352 e. The number of carboxylic acid groups (broad SMARTS) is 1. The lowest BCUT2D eigenvalue weighted by Gasteiger charge is -2.32. The van der Waals surface area contributed by atoms with E-state index in [1.165, 1.54) is 5.01 Å². The Morgan fingerprint density at radius 3 is 2.53 bits per heavy atom. The molecule has 1 amide bonds. The first-order valence-corrected chi connectivity index (χ1v) is 10.6. The van der Waals surface area contributed by atoms with Gasteiger partial charge in [0, 0.05) is 12.0 Å². The first kappa shape index (κ1) is 22.8. The van der Waals surface area contributed by atoms with E-state index in [9.17, 15) is 14.7 Å². The third kappa shape index (κ3) is 4.88. The summed E-state index contributed by atoms with van der Waals surface area (Å²) in [6.45, 7) is 8.20. The third-order valence-corrected chi connectivity index (χ3v) is 4.98. The summed E-state index contributed by atoms with van der Waals surface area (Å²) < 4.78 is 5.83. The molecule has 2 aromatic rings. The van der Waals surface area contributed by atoms with Gasteiger partial charge in [-0.05, 0) is 41.8 Å². The first-order chi connectivity index (χ1) is 15.6. The Hall–Kier alpha value is -3.87. The quantitative estimate of drug-likeness (QED) is 0.639. The van der Waals surface area contributed by atoms with Crippen molar-refractivity contribution in [2.75, 3.05) is 0 Å². The number of nitrogens with one attached hydrogen (secondary N) is 1. The van der Waals surface area contributed by atoms with Crippen LogP contribution >= 0.6 is 0 Å². The maximum absolute atomic E-state index is 12.9. The SMILES string of the molecule is C=CCC1=C(c2ccc(OCc3ccccc3)cc2)NC2CC(C(=O)O)=NN2C1=O.CC. The summed E-state index contributed by atoms with van der Waals surface area (Å²) in [5, 5.41) is 17.7. The van der Waals surface area contributed by atoms with Crippen molar-refractivity contribution in [3.8, 4) is 5.75 Å². The molecule has 0 saturated heterocycles. The van der Waals surface area contributed by atoms with Gasteiger partial charge in [0.15, 0.2) is 0 Å². The van der Waals surface area contributed by atoms with Crippen molar-refractivity contribution in [1.82, 2.24) is 10.3 Å². The molecule has 0 fully saturated rings. The van der Waals surface area contributed by atoms with Crippen LogP contribution in [0.3, 0.4) is 0 Å². The van der Waals surface area contributed by atoms with E-state index in [4.69, 9.17) is 4.74 Å². The second-order valence-corrected chi connectivity index (χ2v) is 7.01. The molecule has 0 saturated carbocycles. The zero-order valence-electron chi connectivity index (χ0n) is 18.2. The van der Waals surface area contributed by atoms with E-state index in [1.54, 1.807) is 6.08 Å². The lowest BCUT2D eigenvalue weighted by Crippen LogP contribution is -2.48. The molecular weight excluding hydrogens is 406 g/mol. The number of aliphatic carboxylic acids is 1. The summed E-state index contributed by atoms with van der Waals surface area (Å²) in [5.74, 6) is -0.713. The van der Waals surface area contributed by atoms with Gasteiger partial charge in [0.1, 0.15) is 24.2 Å². The molecule has 2 aliphatic rings. The Morgan fingerprint density at radius 2 is 1.91 bits per heavy atom. The number of carboxylic acids is 1. The molecular formula is C25H27N3O4. The van der Waals surface area contributed by atoms with Crippen LogP contribution in [0.25, 0.3) is 5.70 Å². The Morgan fingerprint density at radius 1 is 1.22 bits per heavy atom. The maximum atomic E-state index is 12.9. The molecule has 4 rings (SSSR count). The molecule has 1 unspecified atom stereocenters. The van der Waals surface area contributed by atoms with Gasteiger partial charge in [-0.2, -0.15) is 5.10 Å². The summed E-state index contributed by atoms with van der Waals surface area (Å²) >= 11 is 0. The number of hydrazone groups is 1. The smallest absolute Gasteiger partial charge is 0.352 e. The number of rotatable bonds is 7. The summed E-state index contributed by atoms with van der Waals surface area (Å²) in [6, 6.07) is 17.3. The highest BCUT2D eigenvalue weighted by Crippen LogP contribution is 2.31. The molecule has 32 heavy (non-hydrogen) atoms. The standard InChI is InChI=1S/C23H21N3O4.C2H6/c1-2-6-18-21(24-20-13-19(23(28)29)25-26(20)22(18)27)16-9-11-17(12-10-16)30-14-15-7-4-3-5-8-15;1-2/h2-5,7-12,20,24H,1,6,13-14H2,(H,28,29);1-2H3. The minimum atomic E-state index is -1.12. The van der Waals surface area contributed by atoms with Crippen LogP contribution in [-0.4, -0.2) is 33.9 Å². The van der Waals surface area contributed by atoms with Crippen LogP contribution in [0.4, 0.5) is 0 Å². The van der Waals surface area contributed by atoms with E-state index < -0.39 is 12.1 Å². The highest BCUT2D eigenvalue weighted by molar-refractivity contribution is 6.36. The lowest BCUT2D eigenvalue weighted by molar-refractivity contribution is -0.130. The number of amides is 1. The van der Waals surface area contributed by atoms with E-state index in [2.05, 4.69) is 17.0 Å². The molecule has 2 aliphatic heterocycles. The van der Waals surface area contributed by atoms with Gasteiger partial charge in [0.2, 0.25) is 0 Å². The van der Waals surface area contributed by atoms with E-state index in [1.807, 2.05) is 68.4 Å². The highest BCUT2D eigenvalue weighted by atomic mass is 16.5. The molecule has 7 nitrogen and oxygen atoms in total. The number of fused-ring (bicyclic) bond motifs is 1. The molecule has 0 aromatic heterocycles. The molecule has 0 bridgehead atoms. The molecule has 1 atom stereocenters. The minimum absolute atomic E-state index is 0.0373. The van der Waals surface area contributed by atoms with Gasteiger partial charge in [-0.3, -0.25) is 4.79 Å². The van der Waals surface area contributed by atoms with Gasteiger partial charge in [0.05, 0.1) is 5.70 Å². The Balaban J connectivity index is 0.00000141. The van der Waals surface area contributed by atoms with Crippen molar-refractivity contribution in [1.29, 1.82) is 0 Å². The first-order valence-electron chi connectivity index (χ1n) is 10.6. The molecule has 7 heteroatoms. The van der Waals surface area contributed by atoms with Gasteiger partial charge >= 0.3 is 5.97 Å². The van der Waals surface area contributed by atoms with Crippen LogP contribution in [0.1, 0.15) is 37.8 Å². The van der Waals surface area contributed by atoms with Gasteiger partial charge in [-0.25, -0.2) is 9.80 Å². The van der Waals surface area contributed by atoms with Crippen molar-refractivity contribution < 1.29 is 19.4 Å². The molecule has 2 aromatic carbocycles. The van der Waals surface area contributed by atoms with Crippen molar-refractivity contribution in [3.05, 3.63) is 84.0 Å². The normalized spacial score (nSPS) is 16.9. The van der Waals surface area contributed by atoms with Gasteiger partial charge in [-0.1, -0.05) is 50.3 Å². The fraction of sp³-hybridized carbons (Fsp3) is 0.240. The zero-order valence-corrected chi connectivity index (χ0v) is 18.2. The van der Waals surface area contributed by atoms with Crippen molar-refractivity contribution in [3.63, 3.8) is 0 Å². The highest BCUT2D eigenvalue weighted by Gasteiger charge is 2.40. The van der Waals surface area contributed by atoms with Crippen LogP contribution in [0, 0.1) is 0 Å². The predicted molar refractivity (Wildman–Crippen MR) is 124 cm³/mol. The van der Waals surface area contributed by atoms with E-state index in [0.717, 1.165) is 16.9 Å². The van der Waals surface area contributed by atoms with E-state index in [-0.39, 0.29) is 18.0 Å². The topological polar surface area (TPSA) is 91.2 Å². The number of hydrogen-bond acceptors (Lipinski definition) is 5. The van der Waals surface area contributed by atoms with Gasteiger partial charge < -0.3 is 15.2 Å². The van der Waals surface area contributed by atoms with Crippen LogP contribution < -0.4 is 10.1 Å². The third-order valence-electron chi connectivity index (χ3n) is 4.98. The Bertz CT molecular complexity index is 1040. The average Bonchev–Trinajstić information content (AvgIpc) is 3.27. The minimum Gasteiger partial charge on any atom is -0.489 e. The van der Waals surface area contributed by atoms with Crippen LogP contribution in [0.15, 0.2) is 77.9 Å². The predicted octanol–water partition coefficient (Wildman–Crippen LogP) is 4.18. The number of carbonyl (C=O) groups excluding carboxylic acids is 1. The molecule has 0 aliphatic carbocycles. The van der Waals surface area contributed by atoms with Gasteiger partial charge in [0.25, 0.3) is 5.91 Å².